The molecule has 1 unspecified atom stereocenters. The maximum absolute atomic E-state index is 5.50. The van der Waals surface area contributed by atoms with Gasteiger partial charge in [0.05, 0.1) is 25.0 Å². The van der Waals surface area contributed by atoms with Crippen LogP contribution in [0.15, 0.2) is 6.20 Å². The fourth-order valence-electron chi connectivity index (χ4n) is 2.56. The molecule has 4 heteroatoms. The van der Waals surface area contributed by atoms with Crippen LogP contribution in [0.5, 0.6) is 5.75 Å². The van der Waals surface area contributed by atoms with Crippen LogP contribution >= 0.6 is 0 Å². The molecule has 4 nitrogen and oxygen atoms in total. The number of methoxy groups -OCH3 is 1. The summed E-state index contributed by atoms with van der Waals surface area (Å²) in [6.45, 7) is 9.79. The van der Waals surface area contributed by atoms with E-state index in [1.165, 1.54) is 18.5 Å². The Morgan fingerprint density at radius 1 is 1.50 bits per heavy atom. The minimum atomic E-state index is 0.336. The topological polar surface area (TPSA) is 39.1 Å². The van der Waals surface area contributed by atoms with E-state index >= 15 is 0 Å². The smallest absolute Gasteiger partial charge is 0.161 e. The highest BCUT2D eigenvalue weighted by Crippen LogP contribution is 2.55. The van der Waals surface area contributed by atoms with E-state index in [1.54, 1.807) is 7.11 Å². The van der Waals surface area contributed by atoms with E-state index in [-0.39, 0.29) is 0 Å². The summed E-state index contributed by atoms with van der Waals surface area (Å²) in [7, 11) is 1.73. The van der Waals surface area contributed by atoms with Crippen LogP contribution in [-0.2, 0) is 0 Å². The Morgan fingerprint density at radius 3 is 2.61 bits per heavy atom. The third-order valence-corrected chi connectivity index (χ3v) is 3.92. The summed E-state index contributed by atoms with van der Waals surface area (Å²) in [4.78, 5) is 0. The molecule has 1 aromatic heterocycles. The van der Waals surface area contributed by atoms with Crippen molar-refractivity contribution in [1.29, 1.82) is 0 Å². The molecule has 102 valence electrons. The SMILES string of the molecule is CCNC(c1c(OC)cnn1C(C)C)C1(C)CC1. The van der Waals surface area contributed by atoms with Crippen molar-refractivity contribution in [3.63, 3.8) is 0 Å². The molecule has 0 amide bonds. The number of hydrogen-bond acceptors (Lipinski definition) is 3. The summed E-state index contributed by atoms with van der Waals surface area (Å²) in [5, 5.41) is 8.10. The summed E-state index contributed by atoms with van der Waals surface area (Å²) in [6, 6.07) is 0.690. The van der Waals surface area contributed by atoms with Crippen LogP contribution in [-0.4, -0.2) is 23.4 Å². The van der Waals surface area contributed by atoms with Crippen molar-refractivity contribution in [1.82, 2.24) is 15.1 Å². The molecule has 1 heterocycles. The van der Waals surface area contributed by atoms with Gasteiger partial charge in [-0.25, -0.2) is 0 Å². The second-order valence-electron chi connectivity index (χ2n) is 5.78. The quantitative estimate of drug-likeness (QED) is 0.845. The van der Waals surface area contributed by atoms with Gasteiger partial charge in [0.25, 0.3) is 0 Å². The van der Waals surface area contributed by atoms with E-state index < -0.39 is 0 Å². The summed E-state index contributed by atoms with van der Waals surface area (Å²) >= 11 is 0. The third-order valence-electron chi connectivity index (χ3n) is 3.92. The molecule has 0 saturated heterocycles. The molecule has 1 N–H and O–H groups in total. The highest BCUT2D eigenvalue weighted by molar-refractivity contribution is 5.31. The number of rotatable bonds is 6. The lowest BCUT2D eigenvalue weighted by Gasteiger charge is -2.27. The van der Waals surface area contributed by atoms with Gasteiger partial charge in [-0.3, -0.25) is 4.68 Å². The number of ether oxygens (including phenoxy) is 1. The summed E-state index contributed by atoms with van der Waals surface area (Å²) in [5.41, 5.74) is 1.56. The van der Waals surface area contributed by atoms with E-state index in [0.29, 0.717) is 17.5 Å². The molecule has 1 atom stereocenters. The highest BCUT2D eigenvalue weighted by Gasteiger charge is 2.47. The molecule has 1 saturated carbocycles. The van der Waals surface area contributed by atoms with Gasteiger partial charge in [-0.1, -0.05) is 13.8 Å². The Bertz CT molecular complexity index is 407. The van der Waals surface area contributed by atoms with Gasteiger partial charge in [-0.05, 0) is 38.6 Å². The zero-order valence-electron chi connectivity index (χ0n) is 12.2. The fraction of sp³-hybridized carbons (Fsp3) is 0.786. The van der Waals surface area contributed by atoms with E-state index in [9.17, 15) is 0 Å². The van der Waals surface area contributed by atoms with Gasteiger partial charge in [-0.15, -0.1) is 0 Å². The molecule has 0 radical (unpaired) electrons. The number of nitrogens with one attached hydrogen (secondary N) is 1. The molecule has 1 fully saturated rings. The molecular formula is C14H25N3O. The zero-order valence-corrected chi connectivity index (χ0v) is 12.2. The van der Waals surface area contributed by atoms with Gasteiger partial charge in [0.1, 0.15) is 0 Å². The first-order valence-corrected chi connectivity index (χ1v) is 6.88. The lowest BCUT2D eigenvalue weighted by atomic mass is 9.95. The fourth-order valence-corrected chi connectivity index (χ4v) is 2.56. The van der Waals surface area contributed by atoms with Crippen molar-refractivity contribution in [2.24, 2.45) is 5.41 Å². The van der Waals surface area contributed by atoms with Gasteiger partial charge in [0.2, 0.25) is 0 Å². The minimum Gasteiger partial charge on any atom is -0.493 e. The van der Waals surface area contributed by atoms with Crippen LogP contribution in [0.3, 0.4) is 0 Å². The Balaban J connectivity index is 2.41. The largest absolute Gasteiger partial charge is 0.493 e. The molecule has 0 spiro atoms. The molecule has 2 rings (SSSR count). The monoisotopic (exact) mass is 251 g/mol. The lowest BCUT2D eigenvalue weighted by molar-refractivity contribution is 0.320. The van der Waals surface area contributed by atoms with Gasteiger partial charge >= 0.3 is 0 Å². The Kier molecular flexibility index (Phi) is 3.66. The normalized spacial score (nSPS) is 19.0. The van der Waals surface area contributed by atoms with Crippen LogP contribution < -0.4 is 10.1 Å². The van der Waals surface area contributed by atoms with Gasteiger partial charge in [0, 0.05) is 6.04 Å². The summed E-state index contributed by atoms with van der Waals surface area (Å²) in [5.74, 6) is 0.905. The number of aromatic nitrogens is 2. The Morgan fingerprint density at radius 2 is 2.17 bits per heavy atom. The zero-order chi connectivity index (χ0) is 13.3. The van der Waals surface area contributed by atoms with E-state index in [4.69, 9.17) is 4.74 Å². The first-order valence-electron chi connectivity index (χ1n) is 6.88. The number of nitrogens with zero attached hydrogens (tertiary/aromatic N) is 2. The lowest BCUT2D eigenvalue weighted by Crippen LogP contribution is -2.31. The molecule has 0 aliphatic heterocycles. The van der Waals surface area contributed by atoms with Crippen molar-refractivity contribution in [3.8, 4) is 5.75 Å². The predicted octanol–water partition coefficient (Wildman–Crippen LogP) is 2.92. The van der Waals surface area contributed by atoms with Crippen LogP contribution in [0.25, 0.3) is 0 Å². The van der Waals surface area contributed by atoms with Crippen LogP contribution in [0.1, 0.15) is 58.3 Å². The van der Waals surface area contributed by atoms with Crippen molar-refractivity contribution in [2.45, 2.75) is 52.6 Å². The average Bonchev–Trinajstić information content (AvgIpc) is 2.94. The first-order chi connectivity index (χ1) is 8.53. The Hall–Kier alpha value is -1.03. The van der Waals surface area contributed by atoms with Crippen molar-refractivity contribution < 1.29 is 4.74 Å². The molecule has 0 bridgehead atoms. The summed E-state index contributed by atoms with van der Waals surface area (Å²) < 4.78 is 7.60. The average molecular weight is 251 g/mol. The van der Waals surface area contributed by atoms with Crippen LogP contribution in [0.4, 0.5) is 0 Å². The van der Waals surface area contributed by atoms with E-state index in [1.807, 2.05) is 6.20 Å². The molecule has 1 aliphatic carbocycles. The standard InChI is InChI=1S/C14H25N3O/c1-6-15-13(14(4)7-8-14)12-11(18-5)9-16-17(12)10(2)3/h9-10,13,15H,6-8H2,1-5H3. The van der Waals surface area contributed by atoms with Crippen molar-refractivity contribution in [2.75, 3.05) is 13.7 Å². The summed E-state index contributed by atoms with van der Waals surface area (Å²) in [6.07, 6.45) is 4.39. The molecule has 1 aromatic rings. The predicted molar refractivity (Wildman–Crippen MR) is 72.9 cm³/mol. The minimum absolute atomic E-state index is 0.336. The van der Waals surface area contributed by atoms with Crippen LogP contribution in [0, 0.1) is 5.41 Å². The maximum atomic E-state index is 5.50. The van der Waals surface area contributed by atoms with Crippen molar-refractivity contribution >= 4 is 0 Å². The van der Waals surface area contributed by atoms with E-state index in [2.05, 4.69) is 42.8 Å². The second-order valence-corrected chi connectivity index (χ2v) is 5.78. The first kappa shape index (κ1) is 13.4. The molecule has 1 aliphatic rings. The van der Waals surface area contributed by atoms with Crippen molar-refractivity contribution in [3.05, 3.63) is 11.9 Å². The molecular weight excluding hydrogens is 226 g/mol. The van der Waals surface area contributed by atoms with Gasteiger partial charge in [-0.2, -0.15) is 5.10 Å². The maximum Gasteiger partial charge on any atom is 0.161 e. The van der Waals surface area contributed by atoms with Gasteiger partial charge < -0.3 is 10.1 Å². The number of hydrogen-bond donors (Lipinski definition) is 1. The van der Waals surface area contributed by atoms with Gasteiger partial charge in [0.15, 0.2) is 5.75 Å². The Labute approximate surface area is 110 Å². The molecule has 0 aromatic carbocycles. The second kappa shape index (κ2) is 4.92. The van der Waals surface area contributed by atoms with Crippen LogP contribution in [0.2, 0.25) is 0 Å². The third kappa shape index (κ3) is 2.26. The van der Waals surface area contributed by atoms with E-state index in [0.717, 1.165) is 12.3 Å². The highest BCUT2D eigenvalue weighted by atomic mass is 16.5. The molecule has 18 heavy (non-hydrogen) atoms.